The molecule has 14 heavy (non-hydrogen) atoms. The van der Waals surface area contributed by atoms with E-state index in [1.165, 1.54) is 0 Å². The maximum atomic E-state index is 8.88. The summed E-state index contributed by atoms with van der Waals surface area (Å²) in [6.07, 6.45) is 0. The quantitative estimate of drug-likeness (QED) is 0.236. The molecule has 98 valence electrons. The van der Waals surface area contributed by atoms with Crippen LogP contribution in [0, 0.1) is 0 Å². The van der Waals surface area contributed by atoms with Crippen LogP contribution in [0.15, 0.2) is 0 Å². The average molecular weight is 265 g/mol. The third-order valence-electron chi connectivity index (χ3n) is 0. The Kier molecular flexibility index (Phi) is 79.1. The summed E-state index contributed by atoms with van der Waals surface area (Å²) < 4.78 is 8.88. The molecule has 0 atom stereocenters. The zero-order valence-corrected chi connectivity index (χ0v) is 9.31. The lowest BCUT2D eigenvalue weighted by Crippen LogP contribution is -1.66. The van der Waals surface area contributed by atoms with E-state index in [4.69, 9.17) is 33.9 Å². The van der Waals surface area contributed by atoms with Gasteiger partial charge in [-0.2, -0.15) is 0 Å². The zero-order valence-electron chi connectivity index (χ0n) is 7.52. The van der Waals surface area contributed by atoms with Gasteiger partial charge in [0.2, 0.25) is 0 Å². The molecule has 0 rings (SSSR count). The van der Waals surface area contributed by atoms with E-state index in [-0.39, 0.29) is 30.8 Å². The van der Waals surface area contributed by atoms with E-state index < -0.39 is 16.4 Å². The summed E-state index contributed by atoms with van der Waals surface area (Å²) in [6.45, 7) is 0. The molecule has 0 spiro atoms. The Morgan fingerprint density at radius 1 is 0.714 bits per heavy atom. The average Bonchev–Trinajstić information content (AvgIpc) is 1.19. The minimum atomic E-state index is -4.64. The molecule has 0 aromatic carbocycles. The van der Waals surface area contributed by atoms with Crippen molar-refractivity contribution < 1.29 is 33.9 Å². The van der Waals surface area contributed by atoms with Crippen LogP contribution < -0.4 is 30.8 Å². The largest absolute Gasteiger partial charge is 0.466 e. The summed E-state index contributed by atoms with van der Waals surface area (Å²) in [5.74, 6) is 0. The van der Waals surface area contributed by atoms with Gasteiger partial charge >= 0.3 is 16.4 Å². The molecular weight excluding hydrogens is 244 g/mol. The van der Waals surface area contributed by atoms with Crippen LogP contribution >= 0.6 is 16.4 Å². The van der Waals surface area contributed by atoms with E-state index in [2.05, 4.69) is 0 Å². The maximum absolute atomic E-state index is 8.88. The zero-order chi connectivity index (χ0) is 8.08. The van der Waals surface area contributed by atoms with E-state index in [0.717, 1.165) is 0 Å². The summed E-state index contributed by atoms with van der Waals surface area (Å²) in [4.78, 5) is 43.3. The highest BCUT2D eigenvalue weighted by atomic mass is 31.2. The van der Waals surface area contributed by atoms with Gasteiger partial charge in [0.1, 0.15) is 0 Å². The van der Waals surface area contributed by atoms with E-state index >= 15 is 0 Å². The minimum Gasteiger partial charge on any atom is -0.344 e. The molecular formula is H21N5O7P2. The van der Waals surface area contributed by atoms with E-state index in [9.17, 15) is 0 Å². The molecule has 0 saturated heterocycles. The molecule has 0 fully saturated rings. The number of hydrogen-bond acceptors (Lipinski definition) is 9. The fourth-order valence-electron chi connectivity index (χ4n) is 0. The van der Waals surface area contributed by atoms with Crippen molar-refractivity contribution >= 4 is 16.4 Å². The molecule has 0 aliphatic rings. The molecule has 0 radical (unpaired) electrons. The van der Waals surface area contributed by atoms with Crippen molar-refractivity contribution in [2.45, 2.75) is 0 Å². The van der Waals surface area contributed by atoms with Gasteiger partial charge in [-0.15, -0.1) is 0 Å². The van der Waals surface area contributed by atoms with Crippen molar-refractivity contribution in [1.29, 1.82) is 0 Å². The Balaban J connectivity index is -0.0000000104. The molecule has 0 aromatic heterocycles. The van der Waals surface area contributed by atoms with Crippen molar-refractivity contribution in [3.05, 3.63) is 0 Å². The minimum absolute atomic E-state index is 0. The molecule has 0 bridgehead atoms. The Hall–Kier alpha value is 0.220. The second-order valence-corrected chi connectivity index (χ2v) is 2.34. The van der Waals surface area contributed by atoms with Gasteiger partial charge in [-0.1, -0.05) is 0 Å². The lowest BCUT2D eigenvalue weighted by atomic mass is 14.0. The van der Waals surface area contributed by atoms with Gasteiger partial charge in [0, 0.05) is 0 Å². The first-order valence-electron chi connectivity index (χ1n) is 1.38. The Morgan fingerprint density at radius 2 is 0.714 bits per heavy atom. The predicted molar refractivity (Wildman–Crippen MR) is 52.9 cm³/mol. The maximum Gasteiger partial charge on any atom is 0.466 e. The van der Waals surface area contributed by atoms with Gasteiger partial charge in [0.15, 0.2) is 0 Å². The van der Waals surface area contributed by atoms with Crippen molar-refractivity contribution in [3.8, 4) is 0 Å². The third kappa shape index (κ3) is 31800. The highest BCUT2D eigenvalue weighted by Crippen LogP contribution is 2.25. The smallest absolute Gasteiger partial charge is 0.344 e. The monoisotopic (exact) mass is 265 g/mol. The van der Waals surface area contributed by atoms with Crippen LogP contribution in [0.5, 0.6) is 0 Å². The van der Waals surface area contributed by atoms with E-state index in [1.807, 2.05) is 0 Å². The fourth-order valence-corrected chi connectivity index (χ4v) is 0. The SMILES string of the molecule is N.N.N.N.N.O=P(O)(O)O.OP(O)O. The predicted octanol–water partition coefficient (Wildman–Crippen LogP) is -0.928. The Bertz CT molecular complexity index is 91.2. The van der Waals surface area contributed by atoms with Gasteiger partial charge in [-0.05, 0) is 0 Å². The highest BCUT2D eigenvalue weighted by molar-refractivity contribution is 7.45. The summed E-state index contributed by atoms with van der Waals surface area (Å²) in [6, 6.07) is 0. The van der Waals surface area contributed by atoms with Gasteiger partial charge in [0.25, 0.3) is 0 Å². The number of phosphoric acid groups is 1. The molecule has 0 saturated carbocycles. The van der Waals surface area contributed by atoms with Gasteiger partial charge < -0.3 is 60.1 Å². The molecule has 14 heteroatoms. The first-order chi connectivity index (χ1) is 3.73. The molecule has 12 nitrogen and oxygen atoms in total. The van der Waals surface area contributed by atoms with Crippen molar-refractivity contribution in [2.75, 3.05) is 0 Å². The number of hydrogen-bond donors (Lipinski definition) is 11. The Labute approximate surface area is 82.1 Å². The molecule has 0 aliphatic carbocycles. The third-order valence-corrected chi connectivity index (χ3v) is 0. The molecule has 0 amide bonds. The van der Waals surface area contributed by atoms with Gasteiger partial charge in [-0.3, -0.25) is 0 Å². The molecule has 21 N–H and O–H groups in total. The molecule has 0 unspecified atom stereocenters. The first kappa shape index (κ1) is 47.7. The fraction of sp³-hybridized carbons (Fsp3) is 0. The lowest BCUT2D eigenvalue weighted by Gasteiger charge is -1.82. The molecule has 0 aromatic rings. The topological polar surface area (TPSA) is 313 Å². The van der Waals surface area contributed by atoms with Crippen LogP contribution in [-0.4, -0.2) is 29.4 Å². The first-order valence-corrected chi connectivity index (χ1v) is 4.15. The summed E-state index contributed by atoms with van der Waals surface area (Å²) in [5.41, 5.74) is 0. The van der Waals surface area contributed by atoms with Gasteiger partial charge in [0.05, 0.1) is 0 Å². The van der Waals surface area contributed by atoms with Crippen molar-refractivity contribution in [3.63, 3.8) is 0 Å². The summed E-state index contributed by atoms with van der Waals surface area (Å²) in [7, 11) is -7.26. The molecule has 0 heterocycles. The second kappa shape index (κ2) is 23.2. The van der Waals surface area contributed by atoms with Crippen molar-refractivity contribution in [2.24, 2.45) is 0 Å². The lowest BCUT2D eigenvalue weighted by molar-refractivity contribution is 0.275. The van der Waals surface area contributed by atoms with Gasteiger partial charge in [-0.25, -0.2) is 4.57 Å². The number of rotatable bonds is 0. The normalized spacial score (nSPS) is 6.79. The van der Waals surface area contributed by atoms with Crippen LogP contribution in [0.2, 0.25) is 0 Å². The Morgan fingerprint density at radius 3 is 0.714 bits per heavy atom. The summed E-state index contributed by atoms with van der Waals surface area (Å²) >= 11 is 0. The van der Waals surface area contributed by atoms with Crippen LogP contribution in [0.3, 0.4) is 0 Å². The van der Waals surface area contributed by atoms with Crippen LogP contribution in [0.1, 0.15) is 0 Å². The van der Waals surface area contributed by atoms with E-state index in [1.54, 1.807) is 0 Å². The molecule has 0 aliphatic heterocycles. The van der Waals surface area contributed by atoms with Crippen LogP contribution in [0.25, 0.3) is 0 Å². The van der Waals surface area contributed by atoms with Crippen molar-refractivity contribution in [1.82, 2.24) is 30.8 Å². The standard InChI is InChI=1S/5H3N.H3O4P.H3O3P/c;;;;;1-5(2,3)4;1-4(2)3/h5*1H3;(H3,1,2,3,4);1-3H. The van der Waals surface area contributed by atoms with Crippen LogP contribution in [0.4, 0.5) is 0 Å². The summed E-state index contributed by atoms with van der Waals surface area (Å²) in [5, 5.41) is 0. The second-order valence-electron chi connectivity index (χ2n) is 0.782. The van der Waals surface area contributed by atoms with Crippen LogP contribution in [-0.2, 0) is 4.57 Å². The van der Waals surface area contributed by atoms with E-state index in [0.29, 0.717) is 0 Å². The highest BCUT2D eigenvalue weighted by Gasteiger charge is 2.00.